The Kier molecular flexibility index (Phi) is 8.73. The van der Waals surface area contributed by atoms with Crippen molar-refractivity contribution in [1.29, 1.82) is 0 Å². The first-order valence-corrected chi connectivity index (χ1v) is 14.5. The number of aliphatic hydroxyl groups excluding tert-OH is 1. The van der Waals surface area contributed by atoms with Gasteiger partial charge in [-0.1, -0.05) is 67.1 Å². The van der Waals surface area contributed by atoms with E-state index in [0.717, 1.165) is 16.8 Å². The Morgan fingerprint density at radius 1 is 1.33 bits per heavy atom. The Bertz CT molecular complexity index is 1160. The van der Waals surface area contributed by atoms with E-state index in [1.807, 2.05) is 45.9 Å². The summed E-state index contributed by atoms with van der Waals surface area (Å²) in [6.45, 7) is 15.2. The third-order valence-electron chi connectivity index (χ3n) is 8.65. The molecule has 1 aromatic rings. The molecule has 3 heterocycles. The van der Waals surface area contributed by atoms with Gasteiger partial charge in [-0.05, 0) is 43.4 Å². The van der Waals surface area contributed by atoms with Crippen LogP contribution in [-0.4, -0.2) is 76.2 Å². The minimum atomic E-state index is -1.25. The van der Waals surface area contributed by atoms with E-state index in [9.17, 15) is 19.5 Å². The van der Waals surface area contributed by atoms with Crippen molar-refractivity contribution in [3.05, 3.63) is 54.6 Å². The second-order valence-electron chi connectivity index (χ2n) is 11.0. The quantitative estimate of drug-likeness (QED) is 0.236. The number of aliphatic hydroxyl groups is 1. The van der Waals surface area contributed by atoms with Crippen molar-refractivity contribution in [2.24, 2.45) is 17.8 Å². The maximum atomic E-state index is 14.7. The van der Waals surface area contributed by atoms with Crippen molar-refractivity contribution in [2.45, 2.75) is 69.2 Å². The fourth-order valence-electron chi connectivity index (χ4n) is 6.62. The predicted octanol–water partition coefficient (Wildman–Crippen LogP) is 3.71. The first-order chi connectivity index (χ1) is 18.6. The zero-order valence-corrected chi connectivity index (χ0v) is 24.7. The van der Waals surface area contributed by atoms with E-state index in [-0.39, 0.29) is 42.3 Å². The van der Waals surface area contributed by atoms with Gasteiger partial charge in [0.05, 0.1) is 30.6 Å². The van der Waals surface area contributed by atoms with Crippen LogP contribution in [0.15, 0.2) is 43.5 Å². The lowest BCUT2D eigenvalue weighted by Gasteiger charge is -2.41. The molecule has 3 aliphatic rings. The normalized spacial score (nSPS) is 30.6. The third-order valence-corrected chi connectivity index (χ3v) is 9.50. The summed E-state index contributed by atoms with van der Waals surface area (Å²) in [5.74, 6) is -3.08. The number of amides is 2. The summed E-state index contributed by atoms with van der Waals surface area (Å²) >= 11 is 3.68. The van der Waals surface area contributed by atoms with E-state index in [4.69, 9.17) is 9.47 Å². The first kappa shape index (κ1) is 29.5. The van der Waals surface area contributed by atoms with Crippen LogP contribution in [0.1, 0.15) is 37.8 Å². The second kappa shape index (κ2) is 11.6. The van der Waals surface area contributed by atoms with Gasteiger partial charge in [0.2, 0.25) is 5.91 Å². The highest BCUT2D eigenvalue weighted by atomic mass is 79.9. The monoisotopic (exact) mass is 602 g/mol. The molecule has 2 bridgehead atoms. The van der Waals surface area contributed by atoms with Gasteiger partial charge in [-0.25, -0.2) is 0 Å². The van der Waals surface area contributed by atoms with Crippen LogP contribution >= 0.6 is 15.9 Å². The number of carbonyl (C=O) groups is 3. The minimum absolute atomic E-state index is 0.0148. The molecule has 1 aromatic carbocycles. The number of alkyl halides is 1. The van der Waals surface area contributed by atoms with Crippen LogP contribution < -0.4 is 4.90 Å². The summed E-state index contributed by atoms with van der Waals surface area (Å²) in [7, 11) is 0. The molecule has 1 N–H and O–H groups in total. The van der Waals surface area contributed by atoms with Gasteiger partial charge in [0, 0.05) is 17.1 Å². The average molecular weight is 604 g/mol. The molecule has 8 nitrogen and oxygen atoms in total. The molecular weight excluding hydrogens is 564 g/mol. The number of benzene rings is 1. The van der Waals surface area contributed by atoms with Crippen molar-refractivity contribution in [2.75, 3.05) is 24.7 Å². The molecule has 4 rings (SSSR count). The number of hydrogen-bond donors (Lipinski definition) is 1. The number of ether oxygens (including phenoxy) is 2. The Labute approximate surface area is 239 Å². The maximum Gasteiger partial charge on any atom is 0.312 e. The molecule has 3 saturated heterocycles. The summed E-state index contributed by atoms with van der Waals surface area (Å²) in [5.41, 5.74) is 1.37. The van der Waals surface area contributed by atoms with Gasteiger partial charge < -0.3 is 24.4 Å². The molecule has 9 heteroatoms. The van der Waals surface area contributed by atoms with Crippen molar-refractivity contribution >= 4 is 39.4 Å². The fraction of sp³-hybridized carbons (Fsp3) is 0.567. The van der Waals surface area contributed by atoms with Crippen molar-refractivity contribution < 1.29 is 29.0 Å². The topological polar surface area (TPSA) is 96.4 Å². The molecule has 3 unspecified atom stereocenters. The molecule has 0 saturated carbocycles. The van der Waals surface area contributed by atoms with E-state index in [2.05, 4.69) is 29.1 Å². The SMILES string of the molecule is C=CCOC(=O)[C@H]1[C@@H]2OC3(CC2Br)C(C(=O)N(CC=C)c2cc(C)ccc2C)N([C@@H](CO)[C@@H](C)CC)C(=O)[C@H]13. The summed E-state index contributed by atoms with van der Waals surface area (Å²) in [5, 5.41) is 10.5. The highest BCUT2D eigenvalue weighted by molar-refractivity contribution is 9.09. The van der Waals surface area contributed by atoms with Crippen LogP contribution in [0.25, 0.3) is 0 Å². The maximum absolute atomic E-state index is 14.7. The average Bonchev–Trinajstić information content (AvgIpc) is 3.51. The van der Waals surface area contributed by atoms with E-state index in [1.54, 1.807) is 11.0 Å². The third kappa shape index (κ3) is 4.76. The number of hydrogen-bond acceptors (Lipinski definition) is 6. The van der Waals surface area contributed by atoms with E-state index in [0.29, 0.717) is 12.8 Å². The van der Waals surface area contributed by atoms with E-state index < -0.39 is 41.6 Å². The number of anilines is 1. The number of likely N-dealkylation sites (tertiary alicyclic amines) is 1. The Morgan fingerprint density at radius 2 is 2.05 bits per heavy atom. The lowest BCUT2D eigenvalue weighted by Crippen LogP contribution is -2.60. The van der Waals surface area contributed by atoms with Crippen LogP contribution in [0.5, 0.6) is 0 Å². The first-order valence-electron chi connectivity index (χ1n) is 13.6. The molecule has 3 aliphatic heterocycles. The molecule has 2 amide bonds. The van der Waals surface area contributed by atoms with Gasteiger partial charge in [0.1, 0.15) is 18.2 Å². The second-order valence-corrected chi connectivity index (χ2v) is 12.2. The van der Waals surface area contributed by atoms with Crippen LogP contribution in [0, 0.1) is 31.6 Å². The molecule has 3 fully saturated rings. The molecule has 0 aliphatic carbocycles. The van der Waals surface area contributed by atoms with Gasteiger partial charge in [-0.15, -0.1) is 6.58 Å². The van der Waals surface area contributed by atoms with Crippen LogP contribution in [-0.2, 0) is 23.9 Å². The van der Waals surface area contributed by atoms with Gasteiger partial charge in [0.15, 0.2) is 0 Å². The molecular formula is C30H39BrN2O6. The number of fused-ring (bicyclic) bond motifs is 1. The largest absolute Gasteiger partial charge is 0.461 e. The molecule has 0 radical (unpaired) electrons. The smallest absolute Gasteiger partial charge is 0.312 e. The molecule has 212 valence electrons. The predicted molar refractivity (Wildman–Crippen MR) is 153 cm³/mol. The molecule has 8 atom stereocenters. The summed E-state index contributed by atoms with van der Waals surface area (Å²) < 4.78 is 12.0. The van der Waals surface area contributed by atoms with E-state index in [1.165, 1.54) is 11.0 Å². The lowest BCUT2D eigenvalue weighted by atomic mass is 9.70. The summed E-state index contributed by atoms with van der Waals surface area (Å²) in [4.78, 5) is 45.3. The number of esters is 1. The number of rotatable bonds is 11. The number of halogens is 1. The number of nitrogens with zero attached hydrogens (tertiary/aromatic N) is 2. The Balaban J connectivity index is 1.88. The van der Waals surface area contributed by atoms with Crippen LogP contribution in [0.2, 0.25) is 0 Å². The Hall–Kier alpha value is -2.49. The van der Waals surface area contributed by atoms with Crippen LogP contribution in [0.4, 0.5) is 5.69 Å². The van der Waals surface area contributed by atoms with Gasteiger partial charge in [-0.3, -0.25) is 14.4 Å². The molecule has 39 heavy (non-hydrogen) atoms. The van der Waals surface area contributed by atoms with Crippen molar-refractivity contribution in [3.63, 3.8) is 0 Å². The zero-order valence-electron chi connectivity index (χ0n) is 23.1. The van der Waals surface area contributed by atoms with Crippen LogP contribution in [0.3, 0.4) is 0 Å². The number of carbonyl (C=O) groups excluding carboxylic acids is 3. The Morgan fingerprint density at radius 3 is 2.67 bits per heavy atom. The highest BCUT2D eigenvalue weighted by Gasteiger charge is 2.77. The molecule has 0 aromatic heterocycles. The minimum Gasteiger partial charge on any atom is -0.461 e. The zero-order chi connectivity index (χ0) is 28.6. The standard InChI is InChI=1S/C30H39BrN2O6/c1-7-12-32(21-14-17(4)10-11-19(21)6)28(36)26-30-15-20(31)25(39-30)23(29(37)38-13-8-2)24(30)27(35)33(26)22(16-34)18(5)9-3/h7-8,10-11,14,18,20,22-26,34H,1-2,9,12-13,15-16H2,3-6H3/t18-,20?,22-,23+,24-,25+,26?,30?/m0/s1. The van der Waals surface area contributed by atoms with Gasteiger partial charge >= 0.3 is 5.97 Å². The molecule has 1 spiro atoms. The van der Waals surface area contributed by atoms with Crippen molar-refractivity contribution in [3.8, 4) is 0 Å². The van der Waals surface area contributed by atoms with Crippen molar-refractivity contribution in [1.82, 2.24) is 4.90 Å². The summed E-state index contributed by atoms with van der Waals surface area (Å²) in [6, 6.07) is 4.22. The van der Waals surface area contributed by atoms with Gasteiger partial charge in [-0.2, -0.15) is 0 Å². The highest BCUT2D eigenvalue weighted by Crippen LogP contribution is 2.61. The lowest BCUT2D eigenvalue weighted by molar-refractivity contribution is -0.155. The summed E-state index contributed by atoms with van der Waals surface area (Å²) in [6.07, 6.45) is 3.59. The fourth-order valence-corrected chi connectivity index (χ4v) is 7.56. The van der Waals surface area contributed by atoms with E-state index >= 15 is 0 Å². The van der Waals surface area contributed by atoms with Gasteiger partial charge in [0.25, 0.3) is 5.91 Å². The number of aryl methyl sites for hydroxylation is 2.